The maximum atomic E-state index is 5.74. The molecule has 0 amide bonds. The third-order valence-corrected chi connectivity index (χ3v) is 2.64. The molecular weight excluding hydrogens is 214 g/mol. The highest BCUT2D eigenvalue weighted by Crippen LogP contribution is 2.24. The number of nitrogens with two attached hydrogens (primary N) is 1. The Morgan fingerprint density at radius 2 is 2.18 bits per heavy atom. The lowest BCUT2D eigenvalue weighted by molar-refractivity contribution is 0.534. The predicted molar refractivity (Wildman–Crippen MR) is 71.1 cm³/mol. The lowest BCUT2D eigenvalue weighted by Crippen LogP contribution is -2.27. The molecule has 0 aliphatic rings. The summed E-state index contributed by atoms with van der Waals surface area (Å²) < 4.78 is 5.74. The zero-order chi connectivity index (χ0) is 12.4. The van der Waals surface area contributed by atoms with E-state index in [0.29, 0.717) is 17.6 Å². The quantitative estimate of drug-likeness (QED) is 0.825. The first-order chi connectivity index (χ1) is 8.10. The highest BCUT2D eigenvalue weighted by Gasteiger charge is 2.13. The third kappa shape index (κ3) is 2.52. The van der Waals surface area contributed by atoms with E-state index >= 15 is 0 Å². The van der Waals surface area contributed by atoms with Gasteiger partial charge in [-0.05, 0) is 31.0 Å². The van der Waals surface area contributed by atoms with Crippen LogP contribution in [0, 0.1) is 5.92 Å². The summed E-state index contributed by atoms with van der Waals surface area (Å²) in [5, 5.41) is 0. The summed E-state index contributed by atoms with van der Waals surface area (Å²) in [5.41, 5.74) is 8.05. The molecule has 1 heterocycles. The highest BCUT2D eigenvalue weighted by atomic mass is 16.4. The number of oxazole rings is 1. The van der Waals surface area contributed by atoms with Crippen molar-refractivity contribution in [3.05, 3.63) is 18.2 Å². The number of benzene rings is 1. The molecule has 0 radical (unpaired) electrons. The van der Waals surface area contributed by atoms with Crippen molar-refractivity contribution in [3.63, 3.8) is 0 Å². The van der Waals surface area contributed by atoms with Gasteiger partial charge < -0.3 is 15.1 Å². The Bertz CT molecular complexity index is 504. The maximum Gasteiger partial charge on any atom is 0.298 e. The van der Waals surface area contributed by atoms with Crippen molar-refractivity contribution in [2.24, 2.45) is 5.92 Å². The standard InChI is InChI=1S/C13H19N3O/c1-4-16(8-9(2)3)13-15-11-7-10(14)5-6-12(11)17-13/h5-7,9H,4,8,14H2,1-3H3. The van der Waals surface area contributed by atoms with Crippen LogP contribution >= 0.6 is 0 Å². The van der Waals surface area contributed by atoms with E-state index in [0.717, 1.165) is 24.2 Å². The molecule has 1 aromatic heterocycles. The van der Waals surface area contributed by atoms with E-state index in [1.807, 2.05) is 18.2 Å². The Morgan fingerprint density at radius 1 is 1.41 bits per heavy atom. The molecular formula is C13H19N3O. The second-order valence-corrected chi connectivity index (χ2v) is 4.66. The van der Waals surface area contributed by atoms with Crippen molar-refractivity contribution in [2.45, 2.75) is 20.8 Å². The van der Waals surface area contributed by atoms with Crippen LogP contribution in [0.5, 0.6) is 0 Å². The van der Waals surface area contributed by atoms with Crippen LogP contribution < -0.4 is 10.6 Å². The van der Waals surface area contributed by atoms with Crippen molar-refractivity contribution in [3.8, 4) is 0 Å². The van der Waals surface area contributed by atoms with Crippen LogP contribution in [0.2, 0.25) is 0 Å². The summed E-state index contributed by atoms with van der Waals surface area (Å²) in [4.78, 5) is 6.62. The predicted octanol–water partition coefficient (Wildman–Crippen LogP) is 2.89. The van der Waals surface area contributed by atoms with Crippen LogP contribution in [0.1, 0.15) is 20.8 Å². The minimum Gasteiger partial charge on any atom is -0.423 e. The van der Waals surface area contributed by atoms with Gasteiger partial charge >= 0.3 is 0 Å². The second kappa shape index (κ2) is 4.65. The minimum absolute atomic E-state index is 0.579. The smallest absolute Gasteiger partial charge is 0.298 e. The molecule has 92 valence electrons. The normalized spacial score (nSPS) is 11.3. The van der Waals surface area contributed by atoms with E-state index in [-0.39, 0.29) is 0 Å². The molecule has 0 aliphatic heterocycles. The van der Waals surface area contributed by atoms with Crippen molar-refractivity contribution >= 4 is 22.8 Å². The number of rotatable bonds is 4. The Balaban J connectivity index is 2.34. The fourth-order valence-electron chi connectivity index (χ4n) is 1.85. The van der Waals surface area contributed by atoms with E-state index in [2.05, 4.69) is 30.7 Å². The molecule has 0 saturated carbocycles. The second-order valence-electron chi connectivity index (χ2n) is 4.66. The van der Waals surface area contributed by atoms with Crippen LogP contribution in [0.25, 0.3) is 11.1 Å². The van der Waals surface area contributed by atoms with Gasteiger partial charge in [-0.3, -0.25) is 0 Å². The van der Waals surface area contributed by atoms with Crippen molar-refractivity contribution in [1.82, 2.24) is 4.98 Å². The highest BCUT2D eigenvalue weighted by molar-refractivity contribution is 5.78. The van der Waals surface area contributed by atoms with Gasteiger partial charge in [0.15, 0.2) is 5.58 Å². The molecule has 0 unspecified atom stereocenters. The molecule has 0 fully saturated rings. The molecule has 0 bridgehead atoms. The number of hydrogen-bond donors (Lipinski definition) is 1. The van der Waals surface area contributed by atoms with Gasteiger partial charge in [-0.25, -0.2) is 0 Å². The monoisotopic (exact) mass is 233 g/mol. The first-order valence-electron chi connectivity index (χ1n) is 6.01. The molecule has 0 atom stereocenters. The van der Waals surface area contributed by atoms with Crippen molar-refractivity contribution in [1.29, 1.82) is 0 Å². The summed E-state index contributed by atoms with van der Waals surface area (Å²) in [5.74, 6) is 0.579. The van der Waals surface area contributed by atoms with Gasteiger partial charge in [-0.15, -0.1) is 0 Å². The topological polar surface area (TPSA) is 55.3 Å². The van der Waals surface area contributed by atoms with Gasteiger partial charge in [0, 0.05) is 18.8 Å². The van der Waals surface area contributed by atoms with Crippen LogP contribution in [0.4, 0.5) is 11.7 Å². The van der Waals surface area contributed by atoms with Gasteiger partial charge in [0.25, 0.3) is 6.01 Å². The van der Waals surface area contributed by atoms with Crippen LogP contribution in [-0.2, 0) is 0 Å². The zero-order valence-corrected chi connectivity index (χ0v) is 10.6. The molecule has 0 spiro atoms. The summed E-state index contributed by atoms with van der Waals surface area (Å²) in [6, 6.07) is 6.22. The molecule has 1 aromatic carbocycles. The fourth-order valence-corrected chi connectivity index (χ4v) is 1.85. The number of nitrogen functional groups attached to an aromatic ring is 1. The molecule has 0 aliphatic carbocycles. The zero-order valence-electron chi connectivity index (χ0n) is 10.6. The molecule has 4 nitrogen and oxygen atoms in total. The van der Waals surface area contributed by atoms with Crippen molar-refractivity contribution < 1.29 is 4.42 Å². The fraction of sp³-hybridized carbons (Fsp3) is 0.462. The molecule has 2 N–H and O–H groups in total. The third-order valence-electron chi connectivity index (χ3n) is 2.64. The Kier molecular flexibility index (Phi) is 3.22. The van der Waals surface area contributed by atoms with E-state index in [1.54, 1.807) is 0 Å². The summed E-state index contributed by atoms with van der Waals surface area (Å²) in [6.07, 6.45) is 0. The molecule has 2 rings (SSSR count). The molecule has 17 heavy (non-hydrogen) atoms. The maximum absolute atomic E-state index is 5.74. The van der Waals surface area contributed by atoms with E-state index in [4.69, 9.17) is 10.2 Å². The molecule has 4 heteroatoms. The Hall–Kier alpha value is -1.71. The molecule has 2 aromatic rings. The lowest BCUT2D eigenvalue weighted by atomic mass is 10.2. The number of hydrogen-bond acceptors (Lipinski definition) is 4. The summed E-state index contributed by atoms with van der Waals surface area (Å²) in [6.45, 7) is 8.30. The van der Waals surface area contributed by atoms with E-state index < -0.39 is 0 Å². The number of aromatic nitrogens is 1. The number of fused-ring (bicyclic) bond motifs is 1. The van der Waals surface area contributed by atoms with Crippen molar-refractivity contribution in [2.75, 3.05) is 23.7 Å². The Labute approximate surface area is 101 Å². The molecule has 0 saturated heterocycles. The minimum atomic E-state index is 0.579. The van der Waals surface area contributed by atoms with E-state index in [1.165, 1.54) is 0 Å². The Morgan fingerprint density at radius 3 is 2.82 bits per heavy atom. The summed E-state index contributed by atoms with van der Waals surface area (Å²) >= 11 is 0. The van der Waals surface area contributed by atoms with Gasteiger partial charge in [0.2, 0.25) is 0 Å². The van der Waals surface area contributed by atoms with Gasteiger partial charge in [0.1, 0.15) is 5.52 Å². The first-order valence-corrected chi connectivity index (χ1v) is 6.01. The summed E-state index contributed by atoms with van der Waals surface area (Å²) in [7, 11) is 0. The first kappa shape index (κ1) is 11.8. The van der Waals surface area contributed by atoms with Crippen LogP contribution in [0.15, 0.2) is 22.6 Å². The van der Waals surface area contributed by atoms with Crippen LogP contribution in [-0.4, -0.2) is 18.1 Å². The lowest BCUT2D eigenvalue weighted by Gasteiger charge is -2.20. The SMILES string of the molecule is CCN(CC(C)C)c1nc2cc(N)ccc2o1. The number of anilines is 2. The van der Waals surface area contributed by atoms with Gasteiger partial charge in [-0.2, -0.15) is 4.98 Å². The average molecular weight is 233 g/mol. The van der Waals surface area contributed by atoms with E-state index in [9.17, 15) is 0 Å². The largest absolute Gasteiger partial charge is 0.423 e. The van der Waals surface area contributed by atoms with Gasteiger partial charge in [0.05, 0.1) is 0 Å². The van der Waals surface area contributed by atoms with Gasteiger partial charge in [-0.1, -0.05) is 13.8 Å². The average Bonchev–Trinajstić information content (AvgIpc) is 2.68. The number of nitrogens with zero attached hydrogens (tertiary/aromatic N) is 2. The van der Waals surface area contributed by atoms with Crippen LogP contribution in [0.3, 0.4) is 0 Å².